The maximum atomic E-state index is 13.4. The fraction of sp³-hybridized carbons (Fsp3) is 0.273. The summed E-state index contributed by atoms with van der Waals surface area (Å²) in [5, 5.41) is 11.1. The molecular weight excluding hydrogens is 287 g/mol. The zero-order valence-corrected chi connectivity index (χ0v) is 10.9. The zero-order valence-electron chi connectivity index (χ0n) is 9.32. The van der Waals surface area contributed by atoms with E-state index in [2.05, 4.69) is 31.6 Å². The first-order valence-electron chi connectivity index (χ1n) is 5.28. The van der Waals surface area contributed by atoms with Gasteiger partial charge in [-0.2, -0.15) is 0 Å². The van der Waals surface area contributed by atoms with E-state index < -0.39 is 0 Å². The molecule has 0 spiro atoms. The highest BCUT2D eigenvalue weighted by Gasteiger charge is 2.05. The van der Waals surface area contributed by atoms with Gasteiger partial charge in [0.2, 0.25) is 0 Å². The van der Waals surface area contributed by atoms with Gasteiger partial charge in [-0.15, -0.1) is 5.10 Å². The Morgan fingerprint density at radius 1 is 1.47 bits per heavy atom. The zero-order chi connectivity index (χ0) is 12.3. The van der Waals surface area contributed by atoms with Crippen molar-refractivity contribution in [2.75, 3.05) is 6.54 Å². The molecule has 6 heteroatoms. The lowest BCUT2D eigenvalue weighted by Gasteiger charge is -2.01. The van der Waals surface area contributed by atoms with E-state index in [-0.39, 0.29) is 5.82 Å². The highest BCUT2D eigenvalue weighted by molar-refractivity contribution is 9.10. The number of halogens is 2. The lowest BCUT2D eigenvalue weighted by molar-refractivity contribution is 0.618. The Labute approximate surface area is 107 Å². The molecule has 0 aliphatic carbocycles. The molecule has 0 bridgehead atoms. The molecule has 0 unspecified atom stereocenters. The minimum atomic E-state index is -0.314. The largest absolute Gasteiger partial charge is 0.311 e. The van der Waals surface area contributed by atoms with Crippen LogP contribution in [0.15, 0.2) is 28.9 Å². The van der Waals surface area contributed by atoms with Gasteiger partial charge in [-0.1, -0.05) is 12.1 Å². The molecule has 2 rings (SSSR count). The van der Waals surface area contributed by atoms with E-state index in [1.807, 2.05) is 6.92 Å². The maximum Gasteiger partial charge on any atom is 0.139 e. The van der Waals surface area contributed by atoms with Gasteiger partial charge in [0.05, 0.1) is 22.1 Å². The van der Waals surface area contributed by atoms with E-state index >= 15 is 0 Å². The molecule has 17 heavy (non-hydrogen) atoms. The van der Waals surface area contributed by atoms with Crippen LogP contribution < -0.4 is 5.32 Å². The molecular formula is C11H12BrFN4. The minimum Gasteiger partial charge on any atom is -0.311 e. The molecule has 0 amide bonds. The van der Waals surface area contributed by atoms with Gasteiger partial charge in [-0.25, -0.2) is 9.07 Å². The van der Waals surface area contributed by atoms with Crippen LogP contribution >= 0.6 is 15.9 Å². The summed E-state index contributed by atoms with van der Waals surface area (Å²) >= 11 is 3.11. The third kappa shape index (κ3) is 2.89. The van der Waals surface area contributed by atoms with Crippen LogP contribution in [-0.4, -0.2) is 21.5 Å². The SMILES string of the molecule is CCNCc1cn(-c2ccc(Br)c(F)c2)nn1. The highest BCUT2D eigenvalue weighted by atomic mass is 79.9. The fourth-order valence-corrected chi connectivity index (χ4v) is 1.63. The number of nitrogens with zero attached hydrogens (tertiary/aromatic N) is 3. The van der Waals surface area contributed by atoms with Crippen LogP contribution in [0.3, 0.4) is 0 Å². The third-order valence-corrected chi connectivity index (χ3v) is 2.91. The third-order valence-electron chi connectivity index (χ3n) is 2.26. The number of rotatable bonds is 4. The molecule has 0 saturated carbocycles. The maximum absolute atomic E-state index is 13.4. The van der Waals surface area contributed by atoms with Crippen LogP contribution in [0.1, 0.15) is 12.6 Å². The van der Waals surface area contributed by atoms with Crippen molar-refractivity contribution in [1.82, 2.24) is 20.3 Å². The quantitative estimate of drug-likeness (QED) is 0.942. The van der Waals surface area contributed by atoms with E-state index in [0.29, 0.717) is 16.7 Å². The topological polar surface area (TPSA) is 42.7 Å². The number of hydrogen-bond acceptors (Lipinski definition) is 3. The Morgan fingerprint density at radius 2 is 2.29 bits per heavy atom. The van der Waals surface area contributed by atoms with Gasteiger partial charge in [0.25, 0.3) is 0 Å². The highest BCUT2D eigenvalue weighted by Crippen LogP contribution is 2.18. The molecule has 1 aromatic heterocycles. The summed E-state index contributed by atoms with van der Waals surface area (Å²) in [6.07, 6.45) is 1.78. The molecule has 0 aliphatic rings. The van der Waals surface area contributed by atoms with Gasteiger partial charge < -0.3 is 5.32 Å². The lowest BCUT2D eigenvalue weighted by atomic mass is 10.3. The number of hydrogen-bond donors (Lipinski definition) is 1. The van der Waals surface area contributed by atoms with Gasteiger partial charge in [-0.05, 0) is 34.6 Å². The molecule has 1 N–H and O–H groups in total. The molecule has 0 fully saturated rings. The summed E-state index contributed by atoms with van der Waals surface area (Å²) in [5.74, 6) is -0.314. The monoisotopic (exact) mass is 298 g/mol. The molecule has 0 aliphatic heterocycles. The smallest absolute Gasteiger partial charge is 0.139 e. The first-order chi connectivity index (χ1) is 8.20. The van der Waals surface area contributed by atoms with Crippen molar-refractivity contribution in [2.45, 2.75) is 13.5 Å². The fourth-order valence-electron chi connectivity index (χ4n) is 1.39. The predicted molar refractivity (Wildman–Crippen MR) is 66.4 cm³/mol. The summed E-state index contributed by atoms with van der Waals surface area (Å²) < 4.78 is 15.4. The summed E-state index contributed by atoms with van der Waals surface area (Å²) in [4.78, 5) is 0. The van der Waals surface area contributed by atoms with E-state index in [9.17, 15) is 4.39 Å². The summed E-state index contributed by atoms with van der Waals surface area (Å²) in [7, 11) is 0. The van der Waals surface area contributed by atoms with Crippen molar-refractivity contribution in [1.29, 1.82) is 0 Å². The number of benzene rings is 1. The predicted octanol–water partition coefficient (Wildman–Crippen LogP) is 2.28. The van der Waals surface area contributed by atoms with Crippen LogP contribution in [-0.2, 0) is 6.54 Å². The molecule has 0 radical (unpaired) electrons. The second kappa shape index (κ2) is 5.37. The Kier molecular flexibility index (Phi) is 3.86. The van der Waals surface area contributed by atoms with Gasteiger partial charge >= 0.3 is 0 Å². The van der Waals surface area contributed by atoms with Crippen molar-refractivity contribution in [3.05, 3.63) is 40.4 Å². The second-order valence-electron chi connectivity index (χ2n) is 3.53. The lowest BCUT2D eigenvalue weighted by Crippen LogP contribution is -2.11. The Morgan fingerprint density at radius 3 is 3.00 bits per heavy atom. The molecule has 4 nitrogen and oxygen atoms in total. The Balaban J connectivity index is 2.21. The average Bonchev–Trinajstić information content (AvgIpc) is 2.79. The van der Waals surface area contributed by atoms with Crippen LogP contribution in [0.25, 0.3) is 5.69 Å². The van der Waals surface area contributed by atoms with Crippen molar-refractivity contribution in [3.63, 3.8) is 0 Å². The van der Waals surface area contributed by atoms with Crippen molar-refractivity contribution >= 4 is 15.9 Å². The van der Waals surface area contributed by atoms with Gasteiger partial charge in [0, 0.05) is 12.6 Å². The molecule has 0 atom stereocenters. The van der Waals surface area contributed by atoms with Crippen LogP contribution in [0.5, 0.6) is 0 Å². The van der Waals surface area contributed by atoms with Crippen LogP contribution in [0.4, 0.5) is 4.39 Å². The minimum absolute atomic E-state index is 0.314. The van der Waals surface area contributed by atoms with Crippen LogP contribution in [0, 0.1) is 5.82 Å². The molecule has 1 heterocycles. The first-order valence-corrected chi connectivity index (χ1v) is 6.07. The normalized spacial score (nSPS) is 10.8. The molecule has 0 saturated heterocycles. The van der Waals surface area contributed by atoms with Crippen molar-refractivity contribution in [2.24, 2.45) is 0 Å². The Hall–Kier alpha value is -1.27. The second-order valence-corrected chi connectivity index (χ2v) is 4.39. The first kappa shape index (κ1) is 12.2. The van der Waals surface area contributed by atoms with E-state index in [1.54, 1.807) is 23.0 Å². The Bertz CT molecular complexity index is 512. The van der Waals surface area contributed by atoms with E-state index in [1.165, 1.54) is 6.07 Å². The van der Waals surface area contributed by atoms with E-state index in [4.69, 9.17) is 0 Å². The van der Waals surface area contributed by atoms with Gasteiger partial charge in [0.15, 0.2) is 0 Å². The molecule has 1 aromatic carbocycles. The van der Waals surface area contributed by atoms with Crippen molar-refractivity contribution in [3.8, 4) is 5.69 Å². The molecule has 90 valence electrons. The summed E-state index contributed by atoms with van der Waals surface area (Å²) in [6.45, 7) is 3.56. The van der Waals surface area contributed by atoms with Crippen molar-refractivity contribution < 1.29 is 4.39 Å². The van der Waals surface area contributed by atoms with Gasteiger partial charge in [-0.3, -0.25) is 0 Å². The number of nitrogens with one attached hydrogen (secondary N) is 1. The van der Waals surface area contributed by atoms with E-state index in [0.717, 1.165) is 12.2 Å². The summed E-state index contributed by atoms with van der Waals surface area (Å²) in [5.41, 5.74) is 1.48. The van der Waals surface area contributed by atoms with Gasteiger partial charge in [0.1, 0.15) is 5.82 Å². The average molecular weight is 299 g/mol. The number of aromatic nitrogens is 3. The molecule has 2 aromatic rings. The van der Waals surface area contributed by atoms with Crippen LogP contribution in [0.2, 0.25) is 0 Å². The standard InChI is InChI=1S/C11H12BrFN4/c1-2-14-6-8-7-17(16-15-8)9-3-4-10(12)11(13)5-9/h3-5,7,14H,2,6H2,1H3. The summed E-state index contributed by atoms with van der Waals surface area (Å²) in [6, 6.07) is 4.84.